The zero-order valence-corrected chi connectivity index (χ0v) is 12.5. The van der Waals surface area contributed by atoms with Crippen molar-refractivity contribution in [3.63, 3.8) is 0 Å². The lowest BCUT2D eigenvalue weighted by molar-refractivity contribution is -0.109. The van der Waals surface area contributed by atoms with Crippen molar-refractivity contribution in [1.82, 2.24) is 10.6 Å². The molecule has 1 aliphatic rings. The zero-order valence-electron chi connectivity index (χ0n) is 12.5. The van der Waals surface area contributed by atoms with E-state index in [9.17, 15) is 18.0 Å². The topological polar surface area (TPSA) is 50.4 Å². The number of hydrogen-bond acceptors (Lipinski definition) is 3. The number of allylic oxidation sites excluding steroid dienone is 2. The van der Waals surface area contributed by atoms with Gasteiger partial charge in [-0.05, 0) is 31.9 Å². The lowest BCUT2D eigenvalue weighted by atomic mass is 10.1. The van der Waals surface area contributed by atoms with E-state index in [4.69, 9.17) is 4.74 Å². The highest BCUT2D eigenvalue weighted by molar-refractivity contribution is 5.48. The maximum Gasteiger partial charge on any atom is 0.416 e. The monoisotopic (exact) mass is 318 g/mol. The molecule has 7 heteroatoms. The highest BCUT2D eigenvalue weighted by Crippen LogP contribution is 2.29. The van der Waals surface area contributed by atoms with Gasteiger partial charge < -0.3 is 15.4 Å². The van der Waals surface area contributed by atoms with Crippen LogP contribution in [-0.2, 0) is 9.53 Å². The van der Waals surface area contributed by atoms with Crippen LogP contribution in [0.2, 0.25) is 0 Å². The van der Waals surface area contributed by atoms with Gasteiger partial charge in [-0.1, -0.05) is 12.7 Å². The van der Waals surface area contributed by atoms with Crippen LogP contribution in [0.3, 0.4) is 0 Å². The van der Waals surface area contributed by atoms with Crippen molar-refractivity contribution in [1.29, 1.82) is 0 Å². The summed E-state index contributed by atoms with van der Waals surface area (Å²) in [6.45, 7) is 3.96. The van der Waals surface area contributed by atoms with E-state index in [1.807, 2.05) is 0 Å². The average Bonchev–Trinajstić information content (AvgIpc) is 3.27. The van der Waals surface area contributed by atoms with Crippen LogP contribution in [0.15, 0.2) is 35.6 Å². The smallest absolute Gasteiger partial charge is 0.416 e. The Morgan fingerprint density at radius 2 is 2.09 bits per heavy atom. The first kappa shape index (κ1) is 18.3. The van der Waals surface area contributed by atoms with Crippen LogP contribution in [-0.4, -0.2) is 38.8 Å². The molecule has 4 nitrogen and oxygen atoms in total. The fourth-order valence-corrected chi connectivity index (χ4v) is 1.76. The van der Waals surface area contributed by atoms with Gasteiger partial charge in [-0.2, -0.15) is 13.2 Å². The maximum absolute atomic E-state index is 13.1. The lowest BCUT2D eigenvalue weighted by Crippen LogP contribution is -2.19. The predicted octanol–water partition coefficient (Wildman–Crippen LogP) is 2.45. The van der Waals surface area contributed by atoms with Crippen LogP contribution in [0.1, 0.15) is 19.3 Å². The fourth-order valence-electron chi connectivity index (χ4n) is 1.76. The second-order valence-corrected chi connectivity index (χ2v) is 4.97. The number of ether oxygens (including phenoxy) is 1. The second kappa shape index (κ2) is 8.63. The van der Waals surface area contributed by atoms with E-state index < -0.39 is 11.7 Å². The van der Waals surface area contributed by atoms with Crippen LogP contribution in [0, 0.1) is 0 Å². The molecule has 124 valence electrons. The molecule has 1 amide bonds. The summed E-state index contributed by atoms with van der Waals surface area (Å²) >= 11 is 0. The molecule has 1 fully saturated rings. The first-order valence-corrected chi connectivity index (χ1v) is 7.00. The molecule has 0 aromatic heterocycles. The number of nitrogens with one attached hydrogen (secondary N) is 2. The minimum Gasteiger partial charge on any atom is -0.497 e. The van der Waals surface area contributed by atoms with E-state index in [0.29, 0.717) is 19.0 Å². The minimum absolute atomic E-state index is 0.0794. The molecule has 0 aromatic carbocycles. The zero-order chi connectivity index (χ0) is 16.6. The third-order valence-electron chi connectivity index (χ3n) is 3.16. The number of carbonyl (C=O) groups is 1. The van der Waals surface area contributed by atoms with E-state index in [1.54, 1.807) is 0 Å². The highest BCUT2D eigenvalue weighted by Gasteiger charge is 2.32. The number of rotatable bonds is 10. The van der Waals surface area contributed by atoms with Gasteiger partial charge in [0, 0.05) is 18.2 Å². The molecule has 0 radical (unpaired) electrons. The van der Waals surface area contributed by atoms with Gasteiger partial charge in [0.1, 0.15) is 5.76 Å². The highest BCUT2D eigenvalue weighted by atomic mass is 19.4. The van der Waals surface area contributed by atoms with Crippen LogP contribution in [0.5, 0.6) is 0 Å². The molecule has 0 atom stereocenters. The quantitative estimate of drug-likeness (QED) is 0.281. The van der Waals surface area contributed by atoms with E-state index in [1.165, 1.54) is 7.11 Å². The molecule has 1 saturated carbocycles. The SMILES string of the molecule is C=C(OC)/C(=C\C(=C/CCNC1CC1)C(F)(F)F)CNC=O. The van der Waals surface area contributed by atoms with Crippen molar-refractivity contribution >= 4 is 6.41 Å². The predicted molar refractivity (Wildman–Crippen MR) is 78.1 cm³/mol. The number of hydrogen-bond donors (Lipinski definition) is 2. The number of amides is 1. The van der Waals surface area contributed by atoms with Crippen molar-refractivity contribution in [2.75, 3.05) is 20.2 Å². The van der Waals surface area contributed by atoms with Gasteiger partial charge in [-0.3, -0.25) is 4.79 Å². The summed E-state index contributed by atoms with van der Waals surface area (Å²) < 4.78 is 44.1. The number of methoxy groups -OCH3 is 1. The minimum atomic E-state index is -4.47. The lowest BCUT2D eigenvalue weighted by Gasteiger charge is -2.13. The van der Waals surface area contributed by atoms with Gasteiger partial charge in [0.05, 0.1) is 12.7 Å². The van der Waals surface area contributed by atoms with Crippen LogP contribution >= 0.6 is 0 Å². The molecular formula is C15H21F3N2O2. The summed E-state index contributed by atoms with van der Waals surface area (Å²) in [6, 6.07) is 0.457. The Morgan fingerprint density at radius 1 is 1.41 bits per heavy atom. The Kier molecular flexibility index (Phi) is 7.17. The third kappa shape index (κ3) is 6.80. The standard InChI is InChI=1S/C15H21F3N2O2/c1-11(22-2)12(9-19-10-21)8-13(15(16,17)18)4-3-7-20-14-5-6-14/h4,8,10,14,20H,1,3,5-7,9H2,2H3,(H,19,21)/b12-8-,13-4+. The summed E-state index contributed by atoms with van der Waals surface area (Å²) in [7, 11) is 1.31. The molecule has 0 aliphatic heterocycles. The van der Waals surface area contributed by atoms with Crippen molar-refractivity contribution < 1.29 is 22.7 Å². The number of alkyl halides is 3. The Morgan fingerprint density at radius 3 is 2.59 bits per heavy atom. The molecule has 0 saturated heterocycles. The number of halogens is 3. The Labute approximate surface area is 128 Å². The second-order valence-electron chi connectivity index (χ2n) is 4.97. The largest absolute Gasteiger partial charge is 0.497 e. The summed E-state index contributed by atoms with van der Waals surface area (Å²) in [6.07, 6.45) is 0.484. The van der Waals surface area contributed by atoms with Gasteiger partial charge in [0.25, 0.3) is 0 Å². The van der Waals surface area contributed by atoms with Gasteiger partial charge in [-0.25, -0.2) is 0 Å². The van der Waals surface area contributed by atoms with Crippen LogP contribution in [0.25, 0.3) is 0 Å². The fraction of sp³-hybridized carbons (Fsp3) is 0.533. The normalized spacial score (nSPS) is 16.4. The van der Waals surface area contributed by atoms with Crippen molar-refractivity contribution in [2.45, 2.75) is 31.5 Å². The Balaban J connectivity index is 2.80. The molecule has 0 aromatic rings. The summed E-state index contributed by atoms with van der Waals surface area (Å²) in [5.41, 5.74) is -0.598. The molecule has 1 aliphatic carbocycles. The Hall–Kier alpha value is -1.76. The third-order valence-corrected chi connectivity index (χ3v) is 3.16. The Bertz CT molecular complexity index is 452. The van der Waals surface area contributed by atoms with Crippen LogP contribution in [0.4, 0.5) is 13.2 Å². The molecule has 0 heterocycles. The van der Waals surface area contributed by atoms with E-state index in [0.717, 1.165) is 25.0 Å². The molecule has 0 spiro atoms. The summed E-state index contributed by atoms with van der Waals surface area (Å²) in [5, 5.41) is 5.47. The number of carbonyl (C=O) groups excluding carboxylic acids is 1. The summed E-state index contributed by atoms with van der Waals surface area (Å²) in [4.78, 5) is 10.3. The van der Waals surface area contributed by atoms with Crippen LogP contribution < -0.4 is 10.6 Å². The van der Waals surface area contributed by atoms with Gasteiger partial charge in [0.2, 0.25) is 6.41 Å². The first-order chi connectivity index (χ1) is 10.4. The molecule has 2 N–H and O–H groups in total. The van der Waals surface area contributed by atoms with Crippen molar-refractivity contribution in [2.24, 2.45) is 0 Å². The summed E-state index contributed by atoms with van der Waals surface area (Å²) in [5.74, 6) is 0.0839. The molecule has 0 unspecified atom stereocenters. The van der Waals surface area contributed by atoms with Gasteiger partial charge in [0.15, 0.2) is 0 Å². The van der Waals surface area contributed by atoms with Gasteiger partial charge >= 0.3 is 6.18 Å². The molecule has 0 bridgehead atoms. The van der Waals surface area contributed by atoms with Gasteiger partial charge in [-0.15, -0.1) is 0 Å². The van der Waals surface area contributed by atoms with E-state index >= 15 is 0 Å². The molecule has 22 heavy (non-hydrogen) atoms. The average molecular weight is 318 g/mol. The first-order valence-electron chi connectivity index (χ1n) is 7.00. The van der Waals surface area contributed by atoms with Crippen molar-refractivity contribution in [3.05, 3.63) is 35.6 Å². The maximum atomic E-state index is 13.1. The molecule has 1 rings (SSSR count). The van der Waals surface area contributed by atoms with Crippen molar-refractivity contribution in [3.8, 4) is 0 Å². The van der Waals surface area contributed by atoms with E-state index in [-0.39, 0.29) is 24.3 Å². The molecular weight excluding hydrogens is 297 g/mol. The van der Waals surface area contributed by atoms with E-state index in [2.05, 4.69) is 17.2 Å².